The average Bonchev–Trinajstić information content (AvgIpc) is 3.04. The maximum atomic E-state index is 12.7. The zero-order valence-corrected chi connectivity index (χ0v) is 12.0. The van der Waals surface area contributed by atoms with Gasteiger partial charge in [-0.15, -0.1) is 11.3 Å². The van der Waals surface area contributed by atoms with Crippen LogP contribution in [-0.4, -0.2) is 17.4 Å². The van der Waals surface area contributed by atoms with Crippen molar-refractivity contribution in [2.24, 2.45) is 0 Å². The summed E-state index contributed by atoms with van der Waals surface area (Å²) in [5.41, 5.74) is 2.02. The zero-order chi connectivity index (χ0) is 13.4. The van der Waals surface area contributed by atoms with Gasteiger partial charge in [0.2, 0.25) is 0 Å². The monoisotopic (exact) mass is 275 g/mol. The first-order valence-corrected chi connectivity index (χ1v) is 7.51. The quantitative estimate of drug-likeness (QED) is 0.835. The molecule has 3 heterocycles. The summed E-state index contributed by atoms with van der Waals surface area (Å²) in [6.07, 6.45) is 3.50. The predicted octanol–water partition coefficient (Wildman–Crippen LogP) is 3.80. The lowest BCUT2D eigenvalue weighted by Gasteiger charge is -2.35. The molecule has 1 aliphatic rings. The van der Waals surface area contributed by atoms with Crippen LogP contribution in [0.25, 0.3) is 0 Å². The normalized spacial score (nSPS) is 18.4. The average molecular weight is 275 g/mol. The van der Waals surface area contributed by atoms with E-state index in [0.29, 0.717) is 11.3 Å². The molecule has 0 radical (unpaired) electrons. The molecule has 0 spiro atoms. The van der Waals surface area contributed by atoms with E-state index < -0.39 is 0 Å². The van der Waals surface area contributed by atoms with Crippen molar-refractivity contribution >= 4 is 17.2 Å². The van der Waals surface area contributed by atoms with E-state index in [9.17, 15) is 4.79 Å². The van der Waals surface area contributed by atoms with Crippen LogP contribution in [0.2, 0.25) is 0 Å². The molecule has 100 valence electrons. The molecule has 0 bridgehead atoms. The molecule has 0 N–H and O–H groups in total. The van der Waals surface area contributed by atoms with Crippen LogP contribution in [0.3, 0.4) is 0 Å². The first-order chi connectivity index (χ1) is 9.22. The second-order valence-corrected chi connectivity index (χ2v) is 5.86. The lowest BCUT2D eigenvalue weighted by molar-refractivity contribution is 0.0655. The molecule has 3 nitrogen and oxygen atoms in total. The third-order valence-corrected chi connectivity index (χ3v) is 4.83. The molecule has 0 aliphatic carbocycles. The Hall–Kier alpha value is -1.55. The number of hydrogen-bond donors (Lipinski definition) is 0. The Labute approximate surface area is 116 Å². The number of amides is 1. The van der Waals surface area contributed by atoms with Crippen molar-refractivity contribution in [1.82, 2.24) is 4.90 Å². The lowest BCUT2D eigenvalue weighted by Crippen LogP contribution is -2.39. The summed E-state index contributed by atoms with van der Waals surface area (Å²) in [5, 5.41) is 2.13. The van der Waals surface area contributed by atoms with Crippen LogP contribution in [-0.2, 0) is 6.42 Å². The second-order valence-electron chi connectivity index (χ2n) is 4.86. The molecule has 4 heteroatoms. The molecular formula is C15H17NO2S. The first-order valence-electron chi connectivity index (χ1n) is 6.63. The summed E-state index contributed by atoms with van der Waals surface area (Å²) in [6.45, 7) is 4.78. The zero-order valence-electron chi connectivity index (χ0n) is 11.2. The maximum absolute atomic E-state index is 12.7. The highest BCUT2D eigenvalue weighted by atomic mass is 32.1. The van der Waals surface area contributed by atoms with Gasteiger partial charge < -0.3 is 9.32 Å². The number of fused-ring (bicyclic) bond motifs is 1. The topological polar surface area (TPSA) is 33.5 Å². The van der Waals surface area contributed by atoms with Crippen LogP contribution in [0.4, 0.5) is 0 Å². The van der Waals surface area contributed by atoms with E-state index in [0.717, 1.165) is 19.4 Å². The number of rotatable bonds is 2. The van der Waals surface area contributed by atoms with Gasteiger partial charge in [0.1, 0.15) is 5.76 Å². The van der Waals surface area contributed by atoms with Crippen LogP contribution in [0, 0.1) is 6.92 Å². The summed E-state index contributed by atoms with van der Waals surface area (Å²) < 4.78 is 5.25. The summed E-state index contributed by atoms with van der Waals surface area (Å²) in [5.74, 6) is 0.797. The van der Waals surface area contributed by atoms with Crippen molar-refractivity contribution in [1.29, 1.82) is 0 Å². The third-order valence-electron chi connectivity index (χ3n) is 3.83. The fourth-order valence-corrected chi connectivity index (χ4v) is 3.77. The van der Waals surface area contributed by atoms with Crippen LogP contribution >= 0.6 is 11.3 Å². The van der Waals surface area contributed by atoms with Crippen molar-refractivity contribution in [2.75, 3.05) is 6.54 Å². The Bertz CT molecular complexity index is 599. The largest absolute Gasteiger partial charge is 0.469 e. The molecule has 2 aromatic rings. The molecule has 0 unspecified atom stereocenters. The van der Waals surface area contributed by atoms with Gasteiger partial charge in [0.25, 0.3) is 5.91 Å². The number of carbonyl (C=O) groups is 1. The van der Waals surface area contributed by atoms with Gasteiger partial charge in [-0.25, -0.2) is 0 Å². The number of hydrogen-bond acceptors (Lipinski definition) is 3. The van der Waals surface area contributed by atoms with Crippen LogP contribution in [0.15, 0.2) is 28.2 Å². The first kappa shape index (κ1) is 12.5. The number of carbonyl (C=O) groups excluding carboxylic acids is 1. The van der Waals surface area contributed by atoms with Crippen LogP contribution < -0.4 is 0 Å². The van der Waals surface area contributed by atoms with E-state index in [1.807, 2.05) is 11.8 Å². The van der Waals surface area contributed by atoms with Gasteiger partial charge in [-0.2, -0.15) is 0 Å². The summed E-state index contributed by atoms with van der Waals surface area (Å²) in [6, 6.07) is 4.14. The van der Waals surface area contributed by atoms with E-state index in [4.69, 9.17) is 4.42 Å². The Balaban J connectivity index is 1.94. The lowest BCUT2D eigenvalue weighted by atomic mass is 9.97. The van der Waals surface area contributed by atoms with E-state index in [-0.39, 0.29) is 11.9 Å². The van der Waals surface area contributed by atoms with Gasteiger partial charge in [0.15, 0.2) is 0 Å². The van der Waals surface area contributed by atoms with E-state index in [1.165, 1.54) is 10.4 Å². The molecule has 1 atom stereocenters. The Kier molecular flexibility index (Phi) is 3.19. The molecule has 1 amide bonds. The smallest absolute Gasteiger partial charge is 0.257 e. The summed E-state index contributed by atoms with van der Waals surface area (Å²) >= 11 is 1.80. The minimum absolute atomic E-state index is 0.0925. The number of thiophene rings is 1. The van der Waals surface area contributed by atoms with Gasteiger partial charge in [-0.3, -0.25) is 4.79 Å². The fraction of sp³-hybridized carbons (Fsp3) is 0.400. The Morgan fingerprint density at radius 1 is 1.53 bits per heavy atom. The molecule has 1 aliphatic heterocycles. The highest BCUT2D eigenvalue weighted by Gasteiger charge is 2.31. The SMILES string of the molecule is CC[C@@H]1c2ccsc2CCN1C(=O)c1ccoc1C. The minimum Gasteiger partial charge on any atom is -0.469 e. The highest BCUT2D eigenvalue weighted by molar-refractivity contribution is 7.10. The van der Waals surface area contributed by atoms with Gasteiger partial charge in [0.05, 0.1) is 17.9 Å². The molecule has 0 saturated heterocycles. The van der Waals surface area contributed by atoms with Crippen molar-refractivity contribution in [3.05, 3.63) is 45.5 Å². The van der Waals surface area contributed by atoms with Crippen molar-refractivity contribution in [3.63, 3.8) is 0 Å². The number of aryl methyl sites for hydroxylation is 1. The molecule has 3 rings (SSSR count). The molecular weight excluding hydrogens is 258 g/mol. The number of nitrogens with zero attached hydrogens (tertiary/aromatic N) is 1. The van der Waals surface area contributed by atoms with Gasteiger partial charge >= 0.3 is 0 Å². The predicted molar refractivity (Wildman–Crippen MR) is 75.5 cm³/mol. The Morgan fingerprint density at radius 3 is 3.05 bits per heavy atom. The molecule has 0 aromatic carbocycles. The van der Waals surface area contributed by atoms with E-state index >= 15 is 0 Å². The highest BCUT2D eigenvalue weighted by Crippen LogP contribution is 2.36. The fourth-order valence-electron chi connectivity index (χ4n) is 2.84. The second kappa shape index (κ2) is 4.85. The van der Waals surface area contributed by atoms with Crippen molar-refractivity contribution < 1.29 is 9.21 Å². The van der Waals surface area contributed by atoms with E-state index in [2.05, 4.69) is 18.4 Å². The van der Waals surface area contributed by atoms with Gasteiger partial charge in [0, 0.05) is 11.4 Å². The summed E-state index contributed by atoms with van der Waals surface area (Å²) in [7, 11) is 0. The minimum atomic E-state index is 0.0925. The van der Waals surface area contributed by atoms with Crippen LogP contribution in [0.5, 0.6) is 0 Å². The Morgan fingerprint density at radius 2 is 2.37 bits per heavy atom. The molecule has 0 fully saturated rings. The van der Waals surface area contributed by atoms with Crippen LogP contribution in [0.1, 0.15) is 45.9 Å². The van der Waals surface area contributed by atoms with Crippen molar-refractivity contribution in [3.8, 4) is 0 Å². The number of furan rings is 1. The molecule has 0 saturated carbocycles. The van der Waals surface area contributed by atoms with Gasteiger partial charge in [-0.1, -0.05) is 6.92 Å². The molecule has 19 heavy (non-hydrogen) atoms. The van der Waals surface area contributed by atoms with Crippen molar-refractivity contribution in [2.45, 2.75) is 32.7 Å². The van der Waals surface area contributed by atoms with E-state index in [1.54, 1.807) is 23.7 Å². The molecule has 2 aromatic heterocycles. The summed E-state index contributed by atoms with van der Waals surface area (Å²) in [4.78, 5) is 16.1. The maximum Gasteiger partial charge on any atom is 0.257 e. The van der Waals surface area contributed by atoms with Gasteiger partial charge in [-0.05, 0) is 42.8 Å². The standard InChI is InChI=1S/C15H17NO2S/c1-3-13-12-6-9-19-14(12)4-7-16(13)15(17)11-5-8-18-10(11)2/h5-6,8-9,13H,3-4,7H2,1-2H3/t13-/m1/s1. The third kappa shape index (κ3) is 2.00.